The minimum atomic E-state index is -0.824. The summed E-state index contributed by atoms with van der Waals surface area (Å²) < 4.78 is 5.11. The zero-order valence-electron chi connectivity index (χ0n) is 17.9. The van der Waals surface area contributed by atoms with Gasteiger partial charge in [-0.1, -0.05) is 13.3 Å². The molecule has 0 aliphatic heterocycles. The molecule has 32 heavy (non-hydrogen) atoms. The lowest BCUT2D eigenvalue weighted by atomic mass is 9.90. The van der Waals surface area contributed by atoms with E-state index in [1.165, 1.54) is 24.3 Å². The van der Waals surface area contributed by atoms with Crippen molar-refractivity contribution in [2.24, 2.45) is 11.5 Å². The first-order valence-electron chi connectivity index (χ1n) is 10.3. The van der Waals surface area contributed by atoms with Crippen molar-refractivity contribution in [3.05, 3.63) is 46.5 Å². The van der Waals surface area contributed by atoms with Crippen molar-refractivity contribution in [3.8, 4) is 0 Å². The van der Waals surface area contributed by atoms with Crippen LogP contribution in [0, 0.1) is 0 Å². The molecule has 0 aliphatic rings. The van der Waals surface area contributed by atoms with Crippen molar-refractivity contribution < 1.29 is 29.0 Å². The molecule has 0 unspecified atom stereocenters. The Kier molecular flexibility index (Phi) is 9.11. The van der Waals surface area contributed by atoms with Crippen LogP contribution in [0.5, 0.6) is 0 Å². The molecule has 10 heteroatoms. The maximum Gasteiger partial charge on any atom is 0.252 e. The molecule has 2 aromatic carbocycles. The lowest BCUT2D eigenvalue weighted by Gasteiger charge is -2.16. The molecule has 0 saturated carbocycles. The van der Waals surface area contributed by atoms with Crippen molar-refractivity contribution >= 4 is 34.4 Å². The van der Waals surface area contributed by atoms with Crippen molar-refractivity contribution in [1.82, 2.24) is 10.6 Å². The molecule has 0 spiro atoms. The summed E-state index contributed by atoms with van der Waals surface area (Å²) in [6.07, 6.45) is 1.64. The third-order valence-electron chi connectivity index (χ3n) is 4.76. The number of nitrogens with one attached hydrogen (secondary N) is 2. The Morgan fingerprint density at radius 1 is 0.812 bits per heavy atom. The number of carbonyl (C=O) groups is 4. The Labute approximate surface area is 185 Å². The standard InChI is InChI=1S/C22H28N4O6/c1-2-3-8-25-21(30)15-6-7-16(22(31)26-9-11-32-12-10-27)18-14(20(24)29)5-4-13(17(15)18)19(23)28/h4-7,27H,2-3,8-12H2,1H3,(H2,23,28)(H2,24,29)(H,25,30)(H,26,31). The van der Waals surface area contributed by atoms with E-state index in [0.29, 0.717) is 6.54 Å². The molecular weight excluding hydrogens is 416 g/mol. The molecule has 0 fully saturated rings. The summed E-state index contributed by atoms with van der Waals surface area (Å²) in [6.45, 7) is 2.70. The molecule has 0 saturated heterocycles. The quantitative estimate of drug-likeness (QED) is 0.294. The monoisotopic (exact) mass is 444 g/mol. The topological polar surface area (TPSA) is 174 Å². The van der Waals surface area contributed by atoms with E-state index in [2.05, 4.69) is 10.6 Å². The third-order valence-corrected chi connectivity index (χ3v) is 4.76. The van der Waals surface area contributed by atoms with Crippen LogP contribution in [0.25, 0.3) is 10.8 Å². The number of unbranched alkanes of at least 4 members (excludes halogenated alkanes) is 1. The summed E-state index contributed by atoms with van der Waals surface area (Å²) in [5.41, 5.74) is 11.2. The van der Waals surface area contributed by atoms with Gasteiger partial charge in [-0.15, -0.1) is 0 Å². The molecule has 172 valence electrons. The lowest BCUT2D eigenvalue weighted by molar-refractivity contribution is 0.0838. The number of aliphatic hydroxyl groups excluding tert-OH is 1. The number of nitrogens with two attached hydrogens (primary N) is 2. The molecule has 0 aliphatic carbocycles. The van der Waals surface area contributed by atoms with E-state index in [9.17, 15) is 19.2 Å². The zero-order chi connectivity index (χ0) is 23.7. The number of amides is 4. The highest BCUT2D eigenvalue weighted by Crippen LogP contribution is 2.30. The predicted molar refractivity (Wildman–Crippen MR) is 118 cm³/mol. The second-order valence-corrected chi connectivity index (χ2v) is 7.00. The Morgan fingerprint density at radius 2 is 1.28 bits per heavy atom. The van der Waals surface area contributed by atoms with Crippen LogP contribution in [0.4, 0.5) is 0 Å². The summed E-state index contributed by atoms with van der Waals surface area (Å²) in [6, 6.07) is 5.44. The second-order valence-electron chi connectivity index (χ2n) is 7.00. The van der Waals surface area contributed by atoms with Crippen molar-refractivity contribution in [2.75, 3.05) is 32.9 Å². The van der Waals surface area contributed by atoms with Gasteiger partial charge >= 0.3 is 0 Å². The summed E-state index contributed by atoms with van der Waals surface area (Å²) in [5, 5.41) is 14.3. The number of hydrogen-bond acceptors (Lipinski definition) is 6. The van der Waals surface area contributed by atoms with Crippen molar-refractivity contribution in [1.29, 1.82) is 0 Å². The molecule has 0 atom stereocenters. The van der Waals surface area contributed by atoms with Crippen LogP contribution in [0.1, 0.15) is 61.2 Å². The van der Waals surface area contributed by atoms with Crippen molar-refractivity contribution in [2.45, 2.75) is 19.8 Å². The van der Waals surface area contributed by atoms with Gasteiger partial charge in [0.25, 0.3) is 11.8 Å². The van der Waals surface area contributed by atoms with E-state index in [-0.39, 0.29) is 59.4 Å². The van der Waals surface area contributed by atoms with E-state index >= 15 is 0 Å². The summed E-state index contributed by atoms with van der Waals surface area (Å²) in [5.74, 6) is -2.65. The van der Waals surface area contributed by atoms with Crippen LogP contribution in [-0.2, 0) is 4.74 Å². The summed E-state index contributed by atoms with van der Waals surface area (Å²) in [7, 11) is 0. The molecule has 0 radical (unpaired) electrons. The molecule has 2 aromatic rings. The first-order chi connectivity index (χ1) is 15.3. The molecule has 7 N–H and O–H groups in total. The van der Waals surface area contributed by atoms with Gasteiger partial charge in [0.1, 0.15) is 0 Å². The van der Waals surface area contributed by atoms with E-state index in [1.807, 2.05) is 6.92 Å². The van der Waals surface area contributed by atoms with Gasteiger partial charge in [0.05, 0.1) is 19.8 Å². The Bertz CT molecular complexity index is 1020. The number of hydrogen-bond donors (Lipinski definition) is 5. The minimum absolute atomic E-state index is 0.00780. The maximum atomic E-state index is 12.9. The summed E-state index contributed by atoms with van der Waals surface area (Å²) >= 11 is 0. The maximum absolute atomic E-state index is 12.9. The number of carbonyl (C=O) groups excluding carboxylic acids is 4. The average molecular weight is 444 g/mol. The fraction of sp³-hybridized carbons (Fsp3) is 0.364. The number of primary amides is 2. The number of benzene rings is 2. The highest BCUT2D eigenvalue weighted by molar-refractivity contribution is 6.24. The predicted octanol–water partition coefficient (Wildman–Crippen LogP) is 0.306. The average Bonchev–Trinajstić information content (AvgIpc) is 2.77. The van der Waals surface area contributed by atoms with E-state index in [4.69, 9.17) is 21.3 Å². The number of aliphatic hydroxyl groups is 1. The fourth-order valence-corrected chi connectivity index (χ4v) is 3.26. The third kappa shape index (κ3) is 5.80. The van der Waals surface area contributed by atoms with Crippen LogP contribution in [-0.4, -0.2) is 61.6 Å². The van der Waals surface area contributed by atoms with Crippen LogP contribution in [0.15, 0.2) is 24.3 Å². The van der Waals surface area contributed by atoms with Crippen molar-refractivity contribution in [3.63, 3.8) is 0 Å². The molecule has 0 bridgehead atoms. The van der Waals surface area contributed by atoms with Gasteiger partial charge in [-0.25, -0.2) is 0 Å². The Morgan fingerprint density at radius 3 is 1.72 bits per heavy atom. The molecule has 0 aromatic heterocycles. The van der Waals surface area contributed by atoms with Gasteiger partial charge in [0.15, 0.2) is 0 Å². The van der Waals surface area contributed by atoms with Crippen LogP contribution >= 0.6 is 0 Å². The van der Waals surface area contributed by atoms with Crippen LogP contribution < -0.4 is 22.1 Å². The van der Waals surface area contributed by atoms with Gasteiger partial charge in [-0.3, -0.25) is 19.2 Å². The fourth-order valence-electron chi connectivity index (χ4n) is 3.26. The number of ether oxygens (including phenoxy) is 1. The minimum Gasteiger partial charge on any atom is -0.394 e. The smallest absolute Gasteiger partial charge is 0.252 e. The molecule has 10 nitrogen and oxygen atoms in total. The largest absolute Gasteiger partial charge is 0.394 e. The Hall–Kier alpha value is -3.50. The molecule has 2 rings (SSSR count). The highest BCUT2D eigenvalue weighted by Gasteiger charge is 2.24. The first kappa shape index (κ1) is 24.8. The van der Waals surface area contributed by atoms with Crippen LogP contribution in [0.2, 0.25) is 0 Å². The molecule has 4 amide bonds. The molecule has 0 heterocycles. The van der Waals surface area contributed by atoms with E-state index < -0.39 is 23.6 Å². The lowest BCUT2D eigenvalue weighted by Crippen LogP contribution is -2.29. The van der Waals surface area contributed by atoms with Gasteiger partial charge < -0.3 is 31.9 Å². The number of rotatable bonds is 12. The zero-order valence-corrected chi connectivity index (χ0v) is 17.9. The normalized spacial score (nSPS) is 10.7. The van der Waals surface area contributed by atoms with E-state index in [1.54, 1.807) is 0 Å². The van der Waals surface area contributed by atoms with Crippen LogP contribution in [0.3, 0.4) is 0 Å². The SMILES string of the molecule is CCCCNC(=O)c1ccc(C(=O)NCCOCCO)c2c(C(N)=O)ccc(C(N)=O)c12. The first-order valence-corrected chi connectivity index (χ1v) is 10.3. The second kappa shape index (κ2) is 11.8. The molecular formula is C22H28N4O6. The van der Waals surface area contributed by atoms with Gasteiger partial charge in [0.2, 0.25) is 11.8 Å². The highest BCUT2D eigenvalue weighted by atomic mass is 16.5. The van der Waals surface area contributed by atoms with Gasteiger partial charge in [0, 0.05) is 46.1 Å². The Balaban J connectivity index is 2.61. The van der Waals surface area contributed by atoms with E-state index in [0.717, 1.165) is 12.8 Å². The number of fused-ring (bicyclic) bond motifs is 1. The van der Waals surface area contributed by atoms with Gasteiger partial charge in [-0.2, -0.15) is 0 Å². The summed E-state index contributed by atoms with van der Waals surface area (Å²) in [4.78, 5) is 49.9. The van der Waals surface area contributed by atoms with Gasteiger partial charge in [-0.05, 0) is 30.7 Å².